The molecule has 2 atom stereocenters. The second-order valence-corrected chi connectivity index (χ2v) is 4.23. The molecule has 0 aliphatic rings. The normalized spacial score (nSPS) is 14.2. The standard InChI is InChI=1S/C13H16FNO2/c1-8(2)13(16)11(7-15)10-6-9(14)4-5-12(10)17-3/h4-6,8,11,13,16H,1-3H3. The molecule has 1 aromatic carbocycles. The van der Waals surface area contributed by atoms with Gasteiger partial charge in [0.15, 0.2) is 0 Å². The summed E-state index contributed by atoms with van der Waals surface area (Å²) < 4.78 is 18.3. The Morgan fingerprint density at radius 1 is 1.41 bits per heavy atom. The fourth-order valence-electron chi connectivity index (χ4n) is 1.66. The van der Waals surface area contributed by atoms with Gasteiger partial charge < -0.3 is 9.84 Å². The van der Waals surface area contributed by atoms with E-state index in [1.807, 2.05) is 6.07 Å². The van der Waals surface area contributed by atoms with Crippen LogP contribution in [0.1, 0.15) is 25.3 Å². The molecule has 17 heavy (non-hydrogen) atoms. The summed E-state index contributed by atoms with van der Waals surface area (Å²) in [5.74, 6) is -0.914. The third-order valence-electron chi connectivity index (χ3n) is 2.69. The number of hydrogen-bond donors (Lipinski definition) is 1. The predicted octanol–water partition coefficient (Wildman–Crippen LogP) is 2.46. The number of benzene rings is 1. The maximum atomic E-state index is 13.2. The zero-order valence-electron chi connectivity index (χ0n) is 10.1. The van der Waals surface area contributed by atoms with Crippen LogP contribution in [0.4, 0.5) is 4.39 Å². The van der Waals surface area contributed by atoms with Gasteiger partial charge >= 0.3 is 0 Å². The van der Waals surface area contributed by atoms with Crippen molar-refractivity contribution in [1.29, 1.82) is 5.26 Å². The minimum absolute atomic E-state index is 0.0902. The van der Waals surface area contributed by atoms with Gasteiger partial charge in [-0.3, -0.25) is 0 Å². The molecule has 0 radical (unpaired) electrons. The van der Waals surface area contributed by atoms with Gasteiger partial charge in [-0.1, -0.05) is 13.8 Å². The third-order valence-corrected chi connectivity index (χ3v) is 2.69. The fraction of sp³-hybridized carbons (Fsp3) is 0.462. The van der Waals surface area contributed by atoms with Gasteiger partial charge in [0, 0.05) is 5.56 Å². The van der Waals surface area contributed by atoms with Crippen LogP contribution in [0.15, 0.2) is 18.2 Å². The van der Waals surface area contributed by atoms with Crippen molar-refractivity contribution in [3.8, 4) is 11.8 Å². The van der Waals surface area contributed by atoms with Crippen molar-refractivity contribution in [3.63, 3.8) is 0 Å². The van der Waals surface area contributed by atoms with Gasteiger partial charge in [-0.05, 0) is 24.1 Å². The lowest BCUT2D eigenvalue weighted by Gasteiger charge is -2.21. The highest BCUT2D eigenvalue weighted by molar-refractivity contribution is 5.40. The summed E-state index contributed by atoms with van der Waals surface area (Å²) >= 11 is 0. The first-order chi connectivity index (χ1) is 8.01. The second kappa shape index (κ2) is 5.65. The number of aliphatic hydroxyl groups is 1. The van der Waals surface area contributed by atoms with E-state index in [4.69, 9.17) is 10.00 Å². The Bertz CT molecular complexity index is 426. The molecule has 0 saturated heterocycles. The summed E-state index contributed by atoms with van der Waals surface area (Å²) in [6.07, 6.45) is -0.851. The van der Waals surface area contributed by atoms with E-state index in [9.17, 15) is 9.50 Å². The maximum Gasteiger partial charge on any atom is 0.123 e. The quantitative estimate of drug-likeness (QED) is 0.875. The molecular weight excluding hydrogens is 221 g/mol. The number of nitrogens with zero attached hydrogens (tertiary/aromatic N) is 1. The molecule has 92 valence electrons. The van der Waals surface area contributed by atoms with Crippen molar-refractivity contribution < 1.29 is 14.2 Å². The maximum absolute atomic E-state index is 13.2. The Labute approximate surface area is 100 Å². The zero-order valence-corrected chi connectivity index (χ0v) is 10.1. The molecule has 0 aliphatic carbocycles. The van der Waals surface area contributed by atoms with E-state index >= 15 is 0 Å². The smallest absolute Gasteiger partial charge is 0.123 e. The minimum Gasteiger partial charge on any atom is -0.496 e. The third kappa shape index (κ3) is 2.95. The van der Waals surface area contributed by atoms with Crippen LogP contribution in [0.5, 0.6) is 5.75 Å². The highest BCUT2D eigenvalue weighted by Gasteiger charge is 2.26. The van der Waals surface area contributed by atoms with Gasteiger partial charge in [-0.2, -0.15) is 5.26 Å². The zero-order chi connectivity index (χ0) is 13.0. The van der Waals surface area contributed by atoms with E-state index in [2.05, 4.69) is 0 Å². The molecule has 0 heterocycles. The first-order valence-corrected chi connectivity index (χ1v) is 5.42. The van der Waals surface area contributed by atoms with Crippen LogP contribution < -0.4 is 4.74 Å². The van der Waals surface area contributed by atoms with Crippen LogP contribution in [0.25, 0.3) is 0 Å². The molecule has 0 aliphatic heterocycles. The molecule has 1 aromatic rings. The average Bonchev–Trinajstić information content (AvgIpc) is 2.30. The van der Waals surface area contributed by atoms with Crippen LogP contribution >= 0.6 is 0 Å². The van der Waals surface area contributed by atoms with Gasteiger partial charge in [0.1, 0.15) is 17.5 Å². The number of nitriles is 1. The highest BCUT2D eigenvalue weighted by atomic mass is 19.1. The van der Waals surface area contributed by atoms with Crippen molar-refractivity contribution in [3.05, 3.63) is 29.6 Å². The van der Waals surface area contributed by atoms with E-state index in [1.165, 1.54) is 25.3 Å². The molecule has 0 saturated carbocycles. The Balaban J connectivity index is 3.20. The second-order valence-electron chi connectivity index (χ2n) is 4.23. The summed E-state index contributed by atoms with van der Waals surface area (Å²) in [6, 6.07) is 5.96. The number of hydrogen-bond acceptors (Lipinski definition) is 3. The molecule has 3 nitrogen and oxygen atoms in total. The van der Waals surface area contributed by atoms with Crippen LogP contribution in [0, 0.1) is 23.1 Å². The molecule has 1 rings (SSSR count). The predicted molar refractivity (Wildman–Crippen MR) is 62.2 cm³/mol. The topological polar surface area (TPSA) is 53.2 Å². The summed E-state index contributed by atoms with van der Waals surface area (Å²) in [5.41, 5.74) is 0.385. The van der Waals surface area contributed by atoms with Crippen LogP contribution in [0.3, 0.4) is 0 Å². The van der Waals surface area contributed by atoms with Crippen LogP contribution in [-0.2, 0) is 0 Å². The van der Waals surface area contributed by atoms with E-state index in [1.54, 1.807) is 13.8 Å². The van der Waals surface area contributed by atoms with Gasteiger partial charge in [0.05, 0.1) is 19.3 Å². The Morgan fingerprint density at radius 3 is 2.53 bits per heavy atom. The molecule has 2 unspecified atom stereocenters. The fourth-order valence-corrected chi connectivity index (χ4v) is 1.66. The average molecular weight is 237 g/mol. The molecule has 0 spiro atoms. The monoisotopic (exact) mass is 237 g/mol. The van der Waals surface area contributed by atoms with Gasteiger partial charge in [-0.15, -0.1) is 0 Å². The van der Waals surface area contributed by atoms with Gasteiger partial charge in [-0.25, -0.2) is 4.39 Å². The van der Waals surface area contributed by atoms with Crippen molar-refractivity contribution in [2.45, 2.75) is 25.9 Å². The van der Waals surface area contributed by atoms with Gasteiger partial charge in [0.25, 0.3) is 0 Å². The molecule has 0 fully saturated rings. The van der Waals surface area contributed by atoms with Crippen molar-refractivity contribution in [1.82, 2.24) is 0 Å². The first-order valence-electron chi connectivity index (χ1n) is 5.42. The first kappa shape index (κ1) is 13.5. The number of rotatable bonds is 4. The minimum atomic E-state index is -0.851. The lowest BCUT2D eigenvalue weighted by molar-refractivity contribution is 0.112. The van der Waals surface area contributed by atoms with E-state index < -0.39 is 17.8 Å². The van der Waals surface area contributed by atoms with Crippen LogP contribution in [0.2, 0.25) is 0 Å². The number of ether oxygens (including phenoxy) is 1. The number of methoxy groups -OCH3 is 1. The lowest BCUT2D eigenvalue weighted by Crippen LogP contribution is -2.23. The molecule has 4 heteroatoms. The van der Waals surface area contributed by atoms with Crippen molar-refractivity contribution in [2.24, 2.45) is 5.92 Å². The Kier molecular flexibility index (Phi) is 4.47. The number of aliphatic hydroxyl groups excluding tert-OH is 1. The van der Waals surface area contributed by atoms with E-state index in [0.717, 1.165) is 0 Å². The van der Waals surface area contributed by atoms with Crippen LogP contribution in [-0.4, -0.2) is 18.3 Å². The van der Waals surface area contributed by atoms with Crippen molar-refractivity contribution >= 4 is 0 Å². The SMILES string of the molecule is COc1ccc(F)cc1C(C#N)C(O)C(C)C. The largest absolute Gasteiger partial charge is 0.496 e. The van der Waals surface area contributed by atoms with Gasteiger partial charge in [0.2, 0.25) is 0 Å². The molecule has 1 N–H and O–H groups in total. The summed E-state index contributed by atoms with van der Waals surface area (Å²) in [4.78, 5) is 0. The lowest BCUT2D eigenvalue weighted by atomic mass is 9.88. The van der Waals surface area contributed by atoms with E-state index in [-0.39, 0.29) is 5.92 Å². The molecule has 0 amide bonds. The number of halogens is 1. The Hall–Kier alpha value is -1.60. The van der Waals surface area contributed by atoms with E-state index in [0.29, 0.717) is 11.3 Å². The Morgan fingerprint density at radius 2 is 2.06 bits per heavy atom. The summed E-state index contributed by atoms with van der Waals surface area (Å²) in [7, 11) is 1.45. The van der Waals surface area contributed by atoms with Crippen molar-refractivity contribution in [2.75, 3.05) is 7.11 Å². The molecule has 0 bridgehead atoms. The summed E-state index contributed by atoms with van der Waals surface area (Å²) in [5, 5.41) is 19.1. The molecule has 0 aromatic heterocycles. The summed E-state index contributed by atoms with van der Waals surface area (Å²) in [6.45, 7) is 3.61. The molecular formula is C13H16FNO2. The highest BCUT2D eigenvalue weighted by Crippen LogP contribution is 2.31.